The Hall–Kier alpha value is -0.840. The monoisotopic (exact) mass is 350 g/mol. The van der Waals surface area contributed by atoms with E-state index in [4.69, 9.17) is 0 Å². The molecule has 20 heavy (non-hydrogen) atoms. The molecule has 0 fully saturated rings. The molecule has 2 nitrogen and oxygen atoms in total. The second kappa shape index (κ2) is 6.74. The van der Waals surface area contributed by atoms with Crippen molar-refractivity contribution in [3.63, 3.8) is 0 Å². The van der Waals surface area contributed by atoms with Crippen LogP contribution in [0.15, 0.2) is 57.0 Å². The first-order valence-electron chi connectivity index (χ1n) is 6.55. The Kier molecular flexibility index (Phi) is 5.24. The molecule has 4 heteroatoms. The summed E-state index contributed by atoms with van der Waals surface area (Å²) in [5, 5.41) is 3.54. The number of nitrogens with zero attached hydrogens (tertiary/aromatic N) is 1. The highest BCUT2D eigenvalue weighted by Crippen LogP contribution is 2.32. The zero-order chi connectivity index (χ0) is 14.6. The molecule has 0 aliphatic rings. The van der Waals surface area contributed by atoms with E-state index in [0.717, 1.165) is 11.0 Å². The molecule has 0 saturated heterocycles. The third-order valence-electron chi connectivity index (χ3n) is 2.72. The van der Waals surface area contributed by atoms with Crippen molar-refractivity contribution < 1.29 is 0 Å². The largest absolute Gasteiger partial charge is 0.308 e. The Morgan fingerprint density at radius 1 is 1.15 bits per heavy atom. The summed E-state index contributed by atoms with van der Waals surface area (Å²) < 4.78 is 1.11. The first kappa shape index (κ1) is 15.5. The van der Waals surface area contributed by atoms with Crippen LogP contribution in [-0.4, -0.2) is 10.5 Å². The highest BCUT2D eigenvalue weighted by molar-refractivity contribution is 9.10. The topological polar surface area (TPSA) is 24.9 Å². The summed E-state index contributed by atoms with van der Waals surface area (Å²) in [5.41, 5.74) is 1.43. The summed E-state index contributed by atoms with van der Waals surface area (Å²) >= 11 is 5.32. The summed E-state index contributed by atoms with van der Waals surface area (Å²) in [7, 11) is 0. The Morgan fingerprint density at radius 2 is 1.85 bits per heavy atom. The first-order chi connectivity index (χ1) is 9.44. The lowest BCUT2D eigenvalue weighted by atomic mass is 10.1. The van der Waals surface area contributed by atoms with Crippen LogP contribution >= 0.6 is 27.7 Å². The van der Waals surface area contributed by atoms with E-state index in [1.165, 1.54) is 15.4 Å². The van der Waals surface area contributed by atoms with Crippen LogP contribution in [0, 0.1) is 0 Å². The minimum absolute atomic E-state index is 0.117. The Balaban J connectivity index is 2.20. The molecule has 0 unspecified atom stereocenters. The van der Waals surface area contributed by atoms with E-state index >= 15 is 0 Å². The van der Waals surface area contributed by atoms with Crippen molar-refractivity contribution in [2.75, 3.05) is 0 Å². The lowest BCUT2D eigenvalue weighted by molar-refractivity contribution is 0.422. The van der Waals surface area contributed by atoms with Crippen molar-refractivity contribution in [3.05, 3.63) is 52.8 Å². The molecule has 1 aromatic heterocycles. The maximum Gasteiger partial charge on any atom is 0.0279 e. The molecule has 0 radical (unpaired) electrons. The van der Waals surface area contributed by atoms with E-state index in [2.05, 4.69) is 65.2 Å². The lowest BCUT2D eigenvalue weighted by Crippen LogP contribution is -2.35. The highest BCUT2D eigenvalue weighted by Gasteiger charge is 2.11. The van der Waals surface area contributed by atoms with Crippen molar-refractivity contribution in [2.24, 2.45) is 0 Å². The van der Waals surface area contributed by atoms with Gasteiger partial charge in [0.05, 0.1) is 0 Å². The summed E-state index contributed by atoms with van der Waals surface area (Å²) in [6.45, 7) is 7.41. The van der Waals surface area contributed by atoms with E-state index < -0.39 is 0 Å². The molecule has 2 aromatic rings. The maximum absolute atomic E-state index is 4.06. The van der Waals surface area contributed by atoms with Gasteiger partial charge in [0.25, 0.3) is 0 Å². The van der Waals surface area contributed by atoms with E-state index in [-0.39, 0.29) is 5.54 Å². The van der Waals surface area contributed by atoms with Gasteiger partial charge in [-0.15, -0.1) is 0 Å². The van der Waals surface area contributed by atoms with Crippen LogP contribution in [-0.2, 0) is 6.54 Å². The molecule has 1 aromatic carbocycles. The van der Waals surface area contributed by atoms with Crippen molar-refractivity contribution in [1.29, 1.82) is 0 Å². The van der Waals surface area contributed by atoms with Gasteiger partial charge < -0.3 is 5.32 Å². The van der Waals surface area contributed by atoms with Gasteiger partial charge >= 0.3 is 0 Å². The molecule has 106 valence electrons. The predicted octanol–water partition coefficient (Wildman–Crippen LogP) is 4.88. The fraction of sp³-hybridized carbons (Fsp3) is 0.312. The molecule has 0 bridgehead atoms. The van der Waals surface area contributed by atoms with Gasteiger partial charge in [0.2, 0.25) is 0 Å². The molecule has 0 saturated carbocycles. The minimum atomic E-state index is 0.117. The maximum atomic E-state index is 4.06. The van der Waals surface area contributed by atoms with E-state index in [1.54, 1.807) is 11.8 Å². The first-order valence-corrected chi connectivity index (χ1v) is 8.16. The van der Waals surface area contributed by atoms with Gasteiger partial charge in [-0.3, -0.25) is 4.98 Å². The number of halogens is 1. The summed E-state index contributed by atoms with van der Waals surface area (Å²) in [4.78, 5) is 6.53. The zero-order valence-corrected chi connectivity index (χ0v) is 14.4. The van der Waals surface area contributed by atoms with E-state index in [9.17, 15) is 0 Å². The van der Waals surface area contributed by atoms with Crippen LogP contribution < -0.4 is 5.32 Å². The number of benzene rings is 1. The van der Waals surface area contributed by atoms with Crippen LogP contribution in [0.2, 0.25) is 0 Å². The number of hydrogen-bond acceptors (Lipinski definition) is 3. The predicted molar refractivity (Wildman–Crippen MR) is 89.1 cm³/mol. The number of rotatable bonds is 4. The molecule has 1 N–H and O–H groups in total. The van der Waals surface area contributed by atoms with Crippen LogP contribution in [0.5, 0.6) is 0 Å². The van der Waals surface area contributed by atoms with Gasteiger partial charge in [0.1, 0.15) is 0 Å². The SMILES string of the molecule is CC(C)(C)NCc1ccc(Br)cc1Sc1ccncc1. The molecule has 2 rings (SSSR count). The van der Waals surface area contributed by atoms with Crippen molar-refractivity contribution in [3.8, 4) is 0 Å². The summed E-state index contributed by atoms with van der Waals surface area (Å²) in [5.74, 6) is 0. The zero-order valence-electron chi connectivity index (χ0n) is 12.0. The molecule has 1 heterocycles. The Bertz CT molecular complexity index is 564. The molecule has 0 aliphatic carbocycles. The van der Waals surface area contributed by atoms with Crippen molar-refractivity contribution >= 4 is 27.7 Å². The van der Waals surface area contributed by atoms with Crippen LogP contribution in [0.25, 0.3) is 0 Å². The van der Waals surface area contributed by atoms with Gasteiger partial charge in [-0.1, -0.05) is 33.8 Å². The van der Waals surface area contributed by atoms with Crippen LogP contribution in [0.3, 0.4) is 0 Å². The quantitative estimate of drug-likeness (QED) is 0.850. The van der Waals surface area contributed by atoms with E-state index in [1.807, 2.05) is 24.5 Å². The fourth-order valence-electron chi connectivity index (χ4n) is 1.66. The molecule has 0 spiro atoms. The van der Waals surface area contributed by atoms with Gasteiger partial charge in [-0.2, -0.15) is 0 Å². The Labute approximate surface area is 133 Å². The molecule has 0 atom stereocenters. The standard InChI is InChI=1S/C16H19BrN2S/c1-16(2,3)19-11-12-4-5-13(17)10-15(12)20-14-6-8-18-9-7-14/h4-10,19H,11H2,1-3H3. The fourth-order valence-corrected chi connectivity index (χ4v) is 3.14. The highest BCUT2D eigenvalue weighted by atomic mass is 79.9. The molecule has 0 aliphatic heterocycles. The number of hydrogen-bond donors (Lipinski definition) is 1. The third kappa shape index (κ3) is 4.93. The van der Waals surface area contributed by atoms with Gasteiger partial charge in [-0.05, 0) is 50.6 Å². The second-order valence-corrected chi connectivity index (χ2v) is 7.67. The number of pyridine rings is 1. The summed E-state index contributed by atoms with van der Waals surface area (Å²) in [6.07, 6.45) is 3.65. The van der Waals surface area contributed by atoms with E-state index in [0.29, 0.717) is 0 Å². The Morgan fingerprint density at radius 3 is 2.50 bits per heavy atom. The van der Waals surface area contributed by atoms with Crippen molar-refractivity contribution in [1.82, 2.24) is 10.3 Å². The number of aromatic nitrogens is 1. The van der Waals surface area contributed by atoms with Gasteiger partial charge in [0, 0.05) is 38.7 Å². The molecule has 0 amide bonds. The van der Waals surface area contributed by atoms with Crippen LogP contribution in [0.1, 0.15) is 26.3 Å². The molecular formula is C16H19BrN2S. The lowest BCUT2D eigenvalue weighted by Gasteiger charge is -2.21. The molecular weight excluding hydrogens is 332 g/mol. The van der Waals surface area contributed by atoms with Crippen LogP contribution in [0.4, 0.5) is 0 Å². The minimum Gasteiger partial charge on any atom is -0.308 e. The normalized spacial score (nSPS) is 11.6. The van der Waals surface area contributed by atoms with Gasteiger partial charge in [-0.25, -0.2) is 0 Å². The number of nitrogens with one attached hydrogen (secondary N) is 1. The smallest absolute Gasteiger partial charge is 0.0279 e. The van der Waals surface area contributed by atoms with Gasteiger partial charge in [0.15, 0.2) is 0 Å². The third-order valence-corrected chi connectivity index (χ3v) is 4.32. The average Bonchev–Trinajstić information content (AvgIpc) is 2.38. The average molecular weight is 351 g/mol. The summed E-state index contributed by atoms with van der Waals surface area (Å²) in [6, 6.07) is 10.5. The van der Waals surface area contributed by atoms with Crippen molar-refractivity contribution in [2.45, 2.75) is 42.6 Å². The second-order valence-electron chi connectivity index (χ2n) is 5.64.